The number of rotatable bonds is 5. The van der Waals surface area contributed by atoms with Gasteiger partial charge in [0.15, 0.2) is 0 Å². The molecule has 4 rings (SSSR count). The molecule has 0 fully saturated rings. The monoisotopic (exact) mass is 349 g/mol. The number of fused-ring (bicyclic) bond motifs is 1. The Balaban J connectivity index is 1.29. The number of benzene rings is 1. The van der Waals surface area contributed by atoms with Crippen LogP contribution in [-0.4, -0.2) is 32.0 Å². The van der Waals surface area contributed by atoms with Crippen molar-refractivity contribution >= 4 is 5.91 Å². The lowest BCUT2D eigenvalue weighted by Crippen LogP contribution is -2.37. The normalized spacial score (nSPS) is 16.3. The fourth-order valence-electron chi connectivity index (χ4n) is 3.51. The van der Waals surface area contributed by atoms with Crippen molar-refractivity contribution in [2.45, 2.75) is 32.7 Å². The van der Waals surface area contributed by atoms with Gasteiger partial charge in [-0.05, 0) is 25.3 Å². The summed E-state index contributed by atoms with van der Waals surface area (Å²) in [7, 11) is 0. The first-order valence-corrected chi connectivity index (χ1v) is 9.09. The van der Waals surface area contributed by atoms with E-state index in [4.69, 9.17) is 0 Å². The summed E-state index contributed by atoms with van der Waals surface area (Å²) in [6, 6.07) is 10.1. The second-order valence-electron chi connectivity index (χ2n) is 6.79. The third-order valence-corrected chi connectivity index (χ3v) is 5.03. The molecule has 0 aliphatic carbocycles. The Hall–Kier alpha value is -2.89. The Labute approximate surface area is 152 Å². The number of nitrogens with zero attached hydrogens (tertiary/aromatic N) is 3. The molecule has 26 heavy (non-hydrogen) atoms. The first-order valence-electron chi connectivity index (χ1n) is 9.09. The van der Waals surface area contributed by atoms with Crippen molar-refractivity contribution in [1.29, 1.82) is 0 Å². The Morgan fingerprint density at radius 1 is 1.27 bits per heavy atom. The maximum atomic E-state index is 12.5. The fraction of sp³-hybridized carbons (Fsp3) is 0.350. The summed E-state index contributed by atoms with van der Waals surface area (Å²) in [5.41, 5.74) is 3.35. The van der Waals surface area contributed by atoms with Crippen LogP contribution in [0.15, 0.2) is 42.7 Å². The van der Waals surface area contributed by atoms with Crippen molar-refractivity contribution in [2.24, 2.45) is 5.92 Å². The van der Waals surface area contributed by atoms with Crippen molar-refractivity contribution in [2.75, 3.05) is 6.54 Å². The largest absolute Gasteiger partial charge is 0.355 e. The molecule has 1 atom stereocenters. The lowest BCUT2D eigenvalue weighted by atomic mass is 9.97. The van der Waals surface area contributed by atoms with Crippen LogP contribution < -0.4 is 5.32 Å². The van der Waals surface area contributed by atoms with Crippen molar-refractivity contribution in [3.8, 4) is 11.3 Å². The summed E-state index contributed by atoms with van der Waals surface area (Å²) in [4.78, 5) is 24.6. The minimum Gasteiger partial charge on any atom is -0.355 e. The van der Waals surface area contributed by atoms with Gasteiger partial charge in [0.25, 0.3) is 0 Å². The van der Waals surface area contributed by atoms with Crippen LogP contribution >= 0.6 is 0 Å². The molecule has 0 radical (unpaired) electrons. The van der Waals surface area contributed by atoms with Gasteiger partial charge in [-0.2, -0.15) is 0 Å². The molecule has 1 aliphatic heterocycles. The first kappa shape index (κ1) is 16.6. The third-order valence-electron chi connectivity index (χ3n) is 5.03. The molecule has 0 saturated heterocycles. The molecular weight excluding hydrogens is 326 g/mol. The number of aromatic nitrogens is 4. The quantitative estimate of drug-likeness (QED) is 0.743. The Bertz CT molecular complexity index is 896. The van der Waals surface area contributed by atoms with Gasteiger partial charge >= 0.3 is 0 Å². The van der Waals surface area contributed by atoms with E-state index in [1.807, 2.05) is 37.5 Å². The van der Waals surface area contributed by atoms with Crippen LogP contribution in [0.5, 0.6) is 0 Å². The number of nitrogens with one attached hydrogen (secondary N) is 2. The molecule has 2 aromatic heterocycles. The van der Waals surface area contributed by atoms with E-state index in [9.17, 15) is 4.79 Å². The second kappa shape index (κ2) is 7.15. The third kappa shape index (κ3) is 3.40. The molecule has 2 N–H and O–H groups in total. The number of aromatic amines is 1. The maximum absolute atomic E-state index is 12.5. The first-order chi connectivity index (χ1) is 12.7. The van der Waals surface area contributed by atoms with Crippen LogP contribution in [0, 0.1) is 12.8 Å². The average Bonchev–Trinajstić information content (AvgIpc) is 3.29. The number of carbonyl (C=O) groups is 1. The zero-order valence-electron chi connectivity index (χ0n) is 14.9. The topological polar surface area (TPSA) is 75.6 Å². The fourth-order valence-corrected chi connectivity index (χ4v) is 3.51. The Kier molecular flexibility index (Phi) is 4.56. The van der Waals surface area contributed by atoms with Gasteiger partial charge < -0.3 is 14.9 Å². The highest BCUT2D eigenvalue weighted by Crippen LogP contribution is 2.21. The second-order valence-corrected chi connectivity index (χ2v) is 6.79. The summed E-state index contributed by atoms with van der Waals surface area (Å²) in [5, 5.41) is 3.06. The number of hydrogen-bond acceptors (Lipinski definition) is 3. The van der Waals surface area contributed by atoms with Gasteiger partial charge in [-0.1, -0.05) is 30.3 Å². The predicted molar refractivity (Wildman–Crippen MR) is 99.5 cm³/mol. The number of H-pyrrole nitrogens is 1. The van der Waals surface area contributed by atoms with Crippen LogP contribution in [0.2, 0.25) is 0 Å². The van der Waals surface area contributed by atoms with Crippen LogP contribution in [-0.2, 0) is 24.2 Å². The highest BCUT2D eigenvalue weighted by Gasteiger charge is 2.25. The summed E-state index contributed by atoms with van der Waals surface area (Å²) >= 11 is 0. The standard InChI is InChI=1S/C20H23N5O/c1-14-22-11-17-8-7-16(13-25(14)17)20(26)21-10-9-19-23-12-18(24-19)15-5-3-2-4-6-15/h2-6,11-12,16H,7-10,13H2,1H3,(H,21,26)(H,23,24). The van der Waals surface area contributed by atoms with Crippen LogP contribution in [0.3, 0.4) is 0 Å². The number of amides is 1. The minimum absolute atomic E-state index is 0.0203. The van der Waals surface area contributed by atoms with Gasteiger partial charge in [-0.25, -0.2) is 9.97 Å². The summed E-state index contributed by atoms with van der Waals surface area (Å²) < 4.78 is 2.16. The molecule has 1 amide bonds. The molecule has 0 saturated carbocycles. The van der Waals surface area contributed by atoms with Crippen molar-refractivity contribution < 1.29 is 4.79 Å². The van der Waals surface area contributed by atoms with Crippen molar-refractivity contribution in [3.63, 3.8) is 0 Å². The number of hydrogen-bond donors (Lipinski definition) is 2. The van der Waals surface area contributed by atoms with E-state index in [0.29, 0.717) is 13.0 Å². The molecular formula is C20H23N5O. The molecule has 3 heterocycles. The number of aryl methyl sites for hydroxylation is 2. The molecule has 6 nitrogen and oxygen atoms in total. The molecule has 1 aliphatic rings. The van der Waals surface area contributed by atoms with Crippen LogP contribution in [0.4, 0.5) is 0 Å². The zero-order valence-corrected chi connectivity index (χ0v) is 14.9. The van der Waals surface area contributed by atoms with E-state index >= 15 is 0 Å². The lowest BCUT2D eigenvalue weighted by Gasteiger charge is -2.24. The molecule has 134 valence electrons. The molecule has 1 aromatic carbocycles. The Morgan fingerprint density at radius 3 is 2.96 bits per heavy atom. The van der Waals surface area contributed by atoms with Gasteiger partial charge in [0.1, 0.15) is 11.6 Å². The van der Waals surface area contributed by atoms with Crippen LogP contribution in [0.1, 0.15) is 23.8 Å². The molecule has 6 heteroatoms. The molecule has 0 bridgehead atoms. The van der Waals surface area contributed by atoms with E-state index in [-0.39, 0.29) is 11.8 Å². The minimum atomic E-state index is 0.0203. The van der Waals surface area contributed by atoms with Gasteiger partial charge in [-0.15, -0.1) is 0 Å². The van der Waals surface area contributed by atoms with Gasteiger partial charge in [0, 0.05) is 31.4 Å². The lowest BCUT2D eigenvalue weighted by molar-refractivity contribution is -0.125. The van der Waals surface area contributed by atoms with Gasteiger partial charge in [-0.3, -0.25) is 4.79 Å². The molecule has 1 unspecified atom stereocenters. The summed E-state index contributed by atoms with van der Waals surface area (Å²) in [6.45, 7) is 3.31. The molecule has 0 spiro atoms. The summed E-state index contributed by atoms with van der Waals surface area (Å²) in [6.07, 6.45) is 6.26. The summed E-state index contributed by atoms with van der Waals surface area (Å²) in [5.74, 6) is 2.02. The van der Waals surface area contributed by atoms with Crippen molar-refractivity contribution in [3.05, 3.63) is 60.1 Å². The number of carbonyl (C=O) groups excluding carboxylic acids is 1. The van der Waals surface area contributed by atoms with E-state index < -0.39 is 0 Å². The average molecular weight is 349 g/mol. The zero-order chi connectivity index (χ0) is 17.9. The molecule has 3 aromatic rings. The Morgan fingerprint density at radius 2 is 2.12 bits per heavy atom. The van der Waals surface area contributed by atoms with Gasteiger partial charge in [0.05, 0.1) is 17.8 Å². The maximum Gasteiger partial charge on any atom is 0.224 e. The van der Waals surface area contributed by atoms with Crippen molar-refractivity contribution in [1.82, 2.24) is 24.8 Å². The van der Waals surface area contributed by atoms with E-state index in [1.165, 1.54) is 5.69 Å². The number of imidazole rings is 2. The highest BCUT2D eigenvalue weighted by molar-refractivity contribution is 5.78. The smallest absolute Gasteiger partial charge is 0.224 e. The van der Waals surface area contributed by atoms with E-state index in [2.05, 4.69) is 37.0 Å². The van der Waals surface area contributed by atoms with Crippen LogP contribution in [0.25, 0.3) is 11.3 Å². The van der Waals surface area contributed by atoms with Gasteiger partial charge in [0.2, 0.25) is 5.91 Å². The van der Waals surface area contributed by atoms with E-state index in [1.54, 1.807) is 0 Å². The highest BCUT2D eigenvalue weighted by atomic mass is 16.1. The van der Waals surface area contributed by atoms with E-state index in [0.717, 1.165) is 42.3 Å². The predicted octanol–water partition coefficient (Wildman–Crippen LogP) is 2.50. The SMILES string of the molecule is Cc1ncc2n1CC(C(=O)NCCc1ncc(-c3ccccc3)[nH]1)CC2.